The second-order valence-corrected chi connectivity index (χ2v) is 5.93. The molecule has 0 amide bonds. The van der Waals surface area contributed by atoms with Crippen LogP contribution in [0.5, 0.6) is 5.75 Å². The van der Waals surface area contributed by atoms with Crippen LogP contribution in [0.3, 0.4) is 0 Å². The van der Waals surface area contributed by atoms with Gasteiger partial charge in [-0.3, -0.25) is 0 Å². The van der Waals surface area contributed by atoms with Gasteiger partial charge in [0.2, 0.25) is 0 Å². The molecule has 1 heterocycles. The number of nitrogens with one attached hydrogen (secondary N) is 1. The highest BCUT2D eigenvalue weighted by atomic mass is 32.1. The molecule has 20 heavy (non-hydrogen) atoms. The van der Waals surface area contributed by atoms with E-state index in [9.17, 15) is 4.39 Å². The summed E-state index contributed by atoms with van der Waals surface area (Å²) in [5.41, 5.74) is 1.67. The van der Waals surface area contributed by atoms with Crippen LogP contribution < -0.4 is 4.74 Å². The number of fused-ring (bicyclic) bond motifs is 1. The van der Waals surface area contributed by atoms with Crippen molar-refractivity contribution in [3.8, 4) is 5.75 Å². The quantitative estimate of drug-likeness (QED) is 0.817. The summed E-state index contributed by atoms with van der Waals surface area (Å²) in [4.78, 5) is 3.11. The van der Waals surface area contributed by atoms with Crippen LogP contribution >= 0.6 is 12.2 Å². The fraction of sp³-hybridized carbons (Fsp3) is 0.533. The van der Waals surface area contributed by atoms with Gasteiger partial charge >= 0.3 is 0 Å². The summed E-state index contributed by atoms with van der Waals surface area (Å²) in [5, 5.41) is 0. The minimum absolute atomic E-state index is 0.265. The van der Waals surface area contributed by atoms with E-state index in [1.807, 2.05) is 0 Å². The van der Waals surface area contributed by atoms with Gasteiger partial charge in [-0.25, -0.2) is 4.39 Å². The zero-order valence-corrected chi connectivity index (χ0v) is 12.6. The van der Waals surface area contributed by atoms with Gasteiger partial charge in [-0.05, 0) is 31.0 Å². The van der Waals surface area contributed by atoms with Gasteiger partial charge in [0.1, 0.15) is 0 Å². The number of imidazole rings is 1. The largest absolute Gasteiger partial charge is 0.494 e. The molecule has 1 N–H and O–H groups in total. The molecule has 0 spiro atoms. The monoisotopic (exact) mass is 294 g/mol. The van der Waals surface area contributed by atoms with E-state index in [1.54, 1.807) is 6.07 Å². The minimum Gasteiger partial charge on any atom is -0.494 e. The molecule has 1 aromatic heterocycles. The Hall–Kier alpha value is -1.36. The van der Waals surface area contributed by atoms with Crippen molar-refractivity contribution in [3.05, 3.63) is 22.7 Å². The zero-order chi connectivity index (χ0) is 14.3. The minimum atomic E-state index is -0.362. The van der Waals surface area contributed by atoms with Crippen LogP contribution in [-0.2, 0) is 0 Å². The Bertz CT molecular complexity index is 687. The molecule has 5 heteroatoms. The summed E-state index contributed by atoms with van der Waals surface area (Å²) < 4.78 is 21.7. The van der Waals surface area contributed by atoms with E-state index in [0.717, 1.165) is 29.8 Å². The first kappa shape index (κ1) is 13.6. The number of halogens is 1. The maximum Gasteiger partial charge on any atom is 0.178 e. The molecule has 0 aliphatic heterocycles. The van der Waals surface area contributed by atoms with Gasteiger partial charge in [0.25, 0.3) is 0 Å². The van der Waals surface area contributed by atoms with Crippen molar-refractivity contribution in [2.75, 3.05) is 7.11 Å². The Morgan fingerprint density at radius 2 is 2.25 bits per heavy atom. The number of benzene rings is 1. The van der Waals surface area contributed by atoms with Gasteiger partial charge in [0.15, 0.2) is 16.3 Å². The van der Waals surface area contributed by atoms with E-state index < -0.39 is 0 Å². The molecular formula is C15H19FN2OS. The molecule has 0 bridgehead atoms. The highest BCUT2D eigenvalue weighted by Gasteiger charge is 2.27. The Kier molecular flexibility index (Phi) is 3.54. The molecular weight excluding hydrogens is 275 g/mol. The van der Waals surface area contributed by atoms with Crippen molar-refractivity contribution in [2.45, 2.75) is 38.6 Å². The van der Waals surface area contributed by atoms with Crippen LogP contribution in [0.25, 0.3) is 11.0 Å². The van der Waals surface area contributed by atoms with Gasteiger partial charge in [-0.2, -0.15) is 0 Å². The van der Waals surface area contributed by atoms with E-state index in [1.165, 1.54) is 26.0 Å². The molecule has 0 saturated heterocycles. The van der Waals surface area contributed by atoms with E-state index in [4.69, 9.17) is 17.0 Å². The predicted molar refractivity (Wildman–Crippen MR) is 80.3 cm³/mol. The van der Waals surface area contributed by atoms with Crippen molar-refractivity contribution < 1.29 is 9.13 Å². The second kappa shape index (κ2) is 5.20. The number of methoxy groups -OCH3 is 1. The molecule has 0 radical (unpaired) electrons. The second-order valence-electron chi connectivity index (χ2n) is 5.55. The van der Waals surface area contributed by atoms with E-state index >= 15 is 0 Å². The third kappa shape index (κ3) is 2.35. The first-order valence-corrected chi connectivity index (χ1v) is 7.52. The highest BCUT2D eigenvalue weighted by molar-refractivity contribution is 7.71. The number of hydrogen-bond donors (Lipinski definition) is 1. The van der Waals surface area contributed by atoms with Crippen LogP contribution in [0, 0.1) is 16.5 Å². The Balaban J connectivity index is 2.12. The molecule has 3 rings (SSSR count). The Labute approximate surface area is 122 Å². The number of ether oxygens (including phenoxy) is 1. The average Bonchev–Trinajstić information content (AvgIpc) is 3.18. The van der Waals surface area contributed by atoms with Crippen LogP contribution in [0.4, 0.5) is 4.39 Å². The van der Waals surface area contributed by atoms with Crippen molar-refractivity contribution in [2.24, 2.45) is 5.92 Å². The lowest BCUT2D eigenvalue weighted by molar-refractivity contribution is 0.386. The first-order chi connectivity index (χ1) is 9.63. The van der Waals surface area contributed by atoms with Crippen LogP contribution in [0.2, 0.25) is 0 Å². The fourth-order valence-corrected chi connectivity index (χ4v) is 3.20. The summed E-state index contributed by atoms with van der Waals surface area (Å²) in [7, 11) is 1.48. The Morgan fingerprint density at radius 3 is 2.85 bits per heavy atom. The number of aromatic amines is 1. The summed E-state index contributed by atoms with van der Waals surface area (Å²) in [6.07, 6.45) is 4.82. The molecule has 1 unspecified atom stereocenters. The smallest absolute Gasteiger partial charge is 0.178 e. The SMILES string of the molecule is CCC(CC1CC1)n1c(=S)[nH]c2cc(F)c(OC)cc21. The van der Waals surface area contributed by atoms with Crippen molar-refractivity contribution in [1.29, 1.82) is 0 Å². The molecule has 1 aromatic carbocycles. The van der Waals surface area contributed by atoms with Crippen LogP contribution in [0.1, 0.15) is 38.6 Å². The number of nitrogens with zero attached hydrogens (tertiary/aromatic N) is 1. The van der Waals surface area contributed by atoms with E-state index in [0.29, 0.717) is 10.8 Å². The molecule has 1 aliphatic carbocycles. The average molecular weight is 294 g/mol. The third-order valence-electron chi connectivity index (χ3n) is 4.13. The van der Waals surface area contributed by atoms with Crippen LogP contribution in [-0.4, -0.2) is 16.7 Å². The van der Waals surface area contributed by atoms with Gasteiger partial charge < -0.3 is 14.3 Å². The molecule has 1 atom stereocenters. The lowest BCUT2D eigenvalue weighted by Gasteiger charge is -2.18. The summed E-state index contributed by atoms with van der Waals surface area (Å²) in [6, 6.07) is 3.58. The van der Waals surface area contributed by atoms with E-state index in [2.05, 4.69) is 16.5 Å². The fourth-order valence-electron chi connectivity index (χ4n) is 2.84. The van der Waals surface area contributed by atoms with Crippen molar-refractivity contribution in [1.82, 2.24) is 9.55 Å². The molecule has 2 aromatic rings. The van der Waals surface area contributed by atoms with Crippen molar-refractivity contribution in [3.63, 3.8) is 0 Å². The number of aromatic nitrogens is 2. The topological polar surface area (TPSA) is 29.9 Å². The maximum atomic E-state index is 13.8. The van der Waals surface area contributed by atoms with E-state index in [-0.39, 0.29) is 11.6 Å². The highest BCUT2D eigenvalue weighted by Crippen LogP contribution is 2.39. The standard InChI is InChI=1S/C15H19FN2OS/c1-3-10(6-9-4-5-9)18-13-8-14(19-2)11(16)7-12(13)17-15(18)20/h7-10H,3-6H2,1-2H3,(H,17,20). The number of H-pyrrole nitrogens is 1. The van der Waals surface area contributed by atoms with Crippen LogP contribution in [0.15, 0.2) is 12.1 Å². The predicted octanol–water partition coefficient (Wildman–Crippen LogP) is 4.60. The van der Waals surface area contributed by atoms with Crippen molar-refractivity contribution >= 4 is 23.3 Å². The normalized spacial score (nSPS) is 16.6. The third-order valence-corrected chi connectivity index (χ3v) is 4.43. The maximum absolute atomic E-state index is 13.8. The molecule has 3 nitrogen and oxygen atoms in total. The molecule has 108 valence electrons. The number of rotatable bonds is 5. The molecule has 1 fully saturated rings. The summed E-state index contributed by atoms with van der Waals surface area (Å²) in [5.74, 6) is 0.731. The summed E-state index contributed by atoms with van der Waals surface area (Å²) in [6.45, 7) is 2.18. The zero-order valence-electron chi connectivity index (χ0n) is 11.8. The molecule has 1 aliphatic rings. The van der Waals surface area contributed by atoms with Gasteiger partial charge in [-0.15, -0.1) is 0 Å². The van der Waals surface area contributed by atoms with Gasteiger partial charge in [0.05, 0.1) is 18.1 Å². The first-order valence-electron chi connectivity index (χ1n) is 7.11. The van der Waals surface area contributed by atoms with Gasteiger partial charge in [-0.1, -0.05) is 19.8 Å². The number of hydrogen-bond acceptors (Lipinski definition) is 2. The molecule has 1 saturated carbocycles. The summed E-state index contributed by atoms with van der Waals surface area (Å²) >= 11 is 5.44. The lowest BCUT2D eigenvalue weighted by atomic mass is 10.1. The Morgan fingerprint density at radius 1 is 1.50 bits per heavy atom. The van der Waals surface area contributed by atoms with Gasteiger partial charge in [0, 0.05) is 18.2 Å². The lowest BCUT2D eigenvalue weighted by Crippen LogP contribution is -2.09.